The number of benzene rings is 3. The molecule has 0 fully saturated rings. The van der Waals surface area contributed by atoms with Gasteiger partial charge in [-0.05, 0) is 55.8 Å². The second-order valence-corrected chi connectivity index (χ2v) is 10.9. The molecule has 1 N–H and O–H groups in total. The fraction of sp³-hybridized carbons (Fsp3) is 0.208. The summed E-state index contributed by atoms with van der Waals surface area (Å²) in [5, 5.41) is 2.89. The Bertz CT molecular complexity index is 1230. The first-order valence-corrected chi connectivity index (χ1v) is 12.7. The molecule has 174 valence electrons. The van der Waals surface area contributed by atoms with Crippen molar-refractivity contribution in [2.45, 2.75) is 31.3 Å². The van der Waals surface area contributed by atoms with Crippen molar-refractivity contribution in [3.63, 3.8) is 0 Å². The van der Waals surface area contributed by atoms with Crippen molar-refractivity contribution in [2.24, 2.45) is 0 Å². The number of aryl methyl sites for hydroxylation is 1. The summed E-state index contributed by atoms with van der Waals surface area (Å²) < 4.78 is 43.0. The van der Waals surface area contributed by atoms with Crippen LogP contribution in [0.1, 0.15) is 29.7 Å². The van der Waals surface area contributed by atoms with Gasteiger partial charge >= 0.3 is 0 Å². The Morgan fingerprint density at radius 2 is 1.79 bits per heavy atom. The molecule has 0 aliphatic carbocycles. The van der Waals surface area contributed by atoms with Crippen molar-refractivity contribution in [2.75, 3.05) is 6.54 Å². The number of amides is 1. The molecule has 0 aromatic heterocycles. The van der Waals surface area contributed by atoms with Crippen LogP contribution in [0, 0.1) is 12.7 Å². The van der Waals surface area contributed by atoms with Crippen molar-refractivity contribution in [3.8, 4) is 0 Å². The van der Waals surface area contributed by atoms with Crippen molar-refractivity contribution in [1.29, 1.82) is 0 Å². The Morgan fingerprint density at radius 1 is 1.12 bits per heavy atom. The molecule has 33 heavy (non-hydrogen) atoms. The molecule has 1 amide bonds. The average Bonchev–Trinajstić information content (AvgIpc) is 2.75. The van der Waals surface area contributed by atoms with Gasteiger partial charge in [-0.2, -0.15) is 4.31 Å². The molecule has 0 bridgehead atoms. The highest BCUT2D eigenvalue weighted by Crippen LogP contribution is 2.25. The lowest BCUT2D eigenvalue weighted by atomic mass is 10.1. The summed E-state index contributed by atoms with van der Waals surface area (Å²) in [5.41, 5.74) is 1.74. The number of nitrogens with one attached hydrogen (secondary N) is 1. The van der Waals surface area contributed by atoms with Crippen LogP contribution in [0.2, 0.25) is 5.02 Å². The highest BCUT2D eigenvalue weighted by atomic mass is 79.9. The van der Waals surface area contributed by atoms with Gasteiger partial charge < -0.3 is 5.32 Å². The predicted octanol–water partition coefficient (Wildman–Crippen LogP) is 5.62. The van der Waals surface area contributed by atoms with E-state index in [0.29, 0.717) is 0 Å². The number of hydrogen-bond acceptors (Lipinski definition) is 3. The molecule has 3 rings (SSSR count). The minimum atomic E-state index is -4.11. The van der Waals surface area contributed by atoms with Crippen LogP contribution in [0.25, 0.3) is 0 Å². The number of carbonyl (C=O) groups is 1. The summed E-state index contributed by atoms with van der Waals surface area (Å²) in [7, 11) is -4.11. The predicted molar refractivity (Wildman–Crippen MR) is 131 cm³/mol. The van der Waals surface area contributed by atoms with Crippen LogP contribution in [0.4, 0.5) is 4.39 Å². The zero-order chi connectivity index (χ0) is 24.2. The molecule has 0 saturated heterocycles. The van der Waals surface area contributed by atoms with E-state index in [1.807, 2.05) is 31.2 Å². The van der Waals surface area contributed by atoms with Crippen LogP contribution < -0.4 is 5.32 Å². The minimum absolute atomic E-state index is 0.00249. The Labute approximate surface area is 206 Å². The number of sulfonamides is 1. The normalized spacial score (nSPS) is 12.5. The third-order valence-corrected chi connectivity index (χ3v) is 7.75. The van der Waals surface area contributed by atoms with E-state index in [4.69, 9.17) is 11.6 Å². The van der Waals surface area contributed by atoms with E-state index in [-0.39, 0.29) is 28.1 Å². The third-order valence-electron chi connectivity index (χ3n) is 5.10. The minimum Gasteiger partial charge on any atom is -0.348 e. The topological polar surface area (TPSA) is 66.5 Å². The third kappa shape index (κ3) is 6.41. The second-order valence-electron chi connectivity index (χ2n) is 7.63. The van der Waals surface area contributed by atoms with Gasteiger partial charge in [-0.15, -0.1) is 0 Å². The molecule has 0 spiro atoms. The SMILES string of the molecule is Cc1ccc(S(=O)(=O)N(CC(=O)N[C@@H](C)c2cccc(Br)c2)Cc2c(F)cccc2Cl)cc1. The number of carbonyl (C=O) groups excluding carboxylic acids is 1. The molecule has 5 nitrogen and oxygen atoms in total. The first kappa shape index (κ1) is 25.4. The fourth-order valence-electron chi connectivity index (χ4n) is 3.25. The first-order chi connectivity index (χ1) is 15.6. The smallest absolute Gasteiger partial charge is 0.243 e. The van der Waals surface area contributed by atoms with Gasteiger partial charge in [-0.3, -0.25) is 4.79 Å². The van der Waals surface area contributed by atoms with Gasteiger partial charge in [-0.25, -0.2) is 12.8 Å². The molecule has 9 heteroatoms. The molecular weight excluding hydrogens is 531 g/mol. The highest BCUT2D eigenvalue weighted by Gasteiger charge is 2.29. The molecule has 0 saturated carbocycles. The van der Waals surface area contributed by atoms with Gasteiger partial charge in [0.1, 0.15) is 5.82 Å². The van der Waals surface area contributed by atoms with Gasteiger partial charge in [0.05, 0.1) is 17.5 Å². The Kier molecular flexibility index (Phi) is 8.28. The zero-order valence-electron chi connectivity index (χ0n) is 18.1. The molecule has 3 aromatic rings. The van der Waals surface area contributed by atoms with Gasteiger partial charge in [0.25, 0.3) is 0 Å². The Hall–Kier alpha value is -2.26. The average molecular weight is 554 g/mol. The summed E-state index contributed by atoms with van der Waals surface area (Å²) in [6, 6.07) is 17.4. The number of halogens is 3. The lowest BCUT2D eigenvalue weighted by Crippen LogP contribution is -2.41. The largest absolute Gasteiger partial charge is 0.348 e. The lowest BCUT2D eigenvalue weighted by molar-refractivity contribution is -0.122. The van der Waals surface area contributed by atoms with Gasteiger partial charge in [0.2, 0.25) is 15.9 Å². The van der Waals surface area contributed by atoms with Crippen LogP contribution in [0.3, 0.4) is 0 Å². The maximum atomic E-state index is 14.5. The van der Waals surface area contributed by atoms with E-state index in [1.165, 1.54) is 30.3 Å². The van der Waals surface area contributed by atoms with E-state index < -0.39 is 28.3 Å². The fourth-order valence-corrected chi connectivity index (χ4v) is 5.26. The van der Waals surface area contributed by atoms with Crippen molar-refractivity contribution < 1.29 is 17.6 Å². The van der Waals surface area contributed by atoms with E-state index in [9.17, 15) is 17.6 Å². The second kappa shape index (κ2) is 10.8. The lowest BCUT2D eigenvalue weighted by Gasteiger charge is -2.24. The number of hydrogen-bond donors (Lipinski definition) is 1. The summed E-state index contributed by atoms with van der Waals surface area (Å²) in [6.07, 6.45) is 0. The standard InChI is InChI=1S/C24H23BrClFN2O3S/c1-16-9-11-20(12-10-16)33(31,32)29(14-21-22(26)7-4-8-23(21)27)15-24(30)28-17(2)18-5-3-6-19(25)13-18/h3-13,17H,14-15H2,1-2H3,(H,28,30)/t17-/m0/s1. The van der Waals surface area contributed by atoms with Gasteiger partial charge in [0, 0.05) is 21.6 Å². The van der Waals surface area contributed by atoms with E-state index in [1.54, 1.807) is 19.1 Å². The number of nitrogens with zero attached hydrogens (tertiary/aromatic N) is 1. The van der Waals surface area contributed by atoms with Crippen molar-refractivity contribution >= 4 is 43.5 Å². The molecule has 0 radical (unpaired) electrons. The monoisotopic (exact) mass is 552 g/mol. The molecule has 3 aromatic carbocycles. The molecular formula is C24H23BrClFN2O3S. The molecule has 0 aliphatic rings. The highest BCUT2D eigenvalue weighted by molar-refractivity contribution is 9.10. The molecule has 0 aliphatic heterocycles. The summed E-state index contributed by atoms with van der Waals surface area (Å²) in [4.78, 5) is 12.9. The van der Waals surface area contributed by atoms with Crippen LogP contribution in [0.15, 0.2) is 76.1 Å². The Balaban J connectivity index is 1.89. The first-order valence-electron chi connectivity index (χ1n) is 10.1. The Morgan fingerprint density at radius 3 is 2.42 bits per heavy atom. The maximum Gasteiger partial charge on any atom is 0.243 e. The van der Waals surface area contributed by atoms with E-state index in [2.05, 4.69) is 21.2 Å². The molecule has 0 heterocycles. The van der Waals surface area contributed by atoms with Crippen LogP contribution in [-0.2, 0) is 21.4 Å². The van der Waals surface area contributed by atoms with E-state index >= 15 is 0 Å². The summed E-state index contributed by atoms with van der Waals surface area (Å²) >= 11 is 9.54. The van der Waals surface area contributed by atoms with E-state index in [0.717, 1.165) is 19.9 Å². The van der Waals surface area contributed by atoms with Crippen molar-refractivity contribution in [1.82, 2.24) is 9.62 Å². The quantitative estimate of drug-likeness (QED) is 0.394. The summed E-state index contributed by atoms with van der Waals surface area (Å²) in [6.45, 7) is 2.75. The van der Waals surface area contributed by atoms with Crippen LogP contribution in [-0.4, -0.2) is 25.2 Å². The summed E-state index contributed by atoms with van der Waals surface area (Å²) in [5.74, 6) is -1.17. The maximum absolute atomic E-state index is 14.5. The number of rotatable bonds is 8. The zero-order valence-corrected chi connectivity index (χ0v) is 21.2. The van der Waals surface area contributed by atoms with Crippen LogP contribution >= 0.6 is 27.5 Å². The van der Waals surface area contributed by atoms with Crippen molar-refractivity contribution in [3.05, 3.63) is 98.7 Å². The van der Waals surface area contributed by atoms with Crippen LogP contribution in [0.5, 0.6) is 0 Å². The molecule has 1 atom stereocenters. The van der Waals surface area contributed by atoms with Gasteiger partial charge in [0.15, 0.2) is 0 Å². The van der Waals surface area contributed by atoms with Gasteiger partial charge in [-0.1, -0.05) is 63.4 Å². The molecule has 0 unspecified atom stereocenters.